The quantitative estimate of drug-likeness (QED) is 0.485. The second-order valence-corrected chi connectivity index (χ2v) is 11.1. The summed E-state index contributed by atoms with van der Waals surface area (Å²) >= 11 is 0. The average Bonchev–Trinajstić information content (AvgIpc) is 2.90. The topological polar surface area (TPSA) is 82.1 Å². The van der Waals surface area contributed by atoms with Gasteiger partial charge in [-0.1, -0.05) is 25.1 Å². The normalized spacial score (nSPS) is 23.0. The molecule has 7 nitrogen and oxygen atoms in total. The number of hydrogen-bond acceptors (Lipinski definition) is 5. The summed E-state index contributed by atoms with van der Waals surface area (Å²) in [5, 5.41) is 13.0. The molecule has 2 atom stereocenters. The van der Waals surface area contributed by atoms with Crippen LogP contribution >= 0.6 is 0 Å². The summed E-state index contributed by atoms with van der Waals surface area (Å²) in [6, 6.07) is 14.4. The van der Waals surface area contributed by atoms with E-state index in [2.05, 4.69) is 42.3 Å². The molecular formula is C31H43N3O4. The summed E-state index contributed by atoms with van der Waals surface area (Å²) in [5.41, 5.74) is 4.26. The number of amides is 1. The molecule has 1 aliphatic heterocycles. The zero-order valence-corrected chi connectivity index (χ0v) is 23.3. The van der Waals surface area contributed by atoms with Crippen LogP contribution in [0.15, 0.2) is 42.5 Å². The van der Waals surface area contributed by atoms with Gasteiger partial charge in [0.2, 0.25) is 5.91 Å². The number of carbonyl (C=O) groups is 2. The van der Waals surface area contributed by atoms with Crippen LogP contribution in [0.2, 0.25) is 0 Å². The number of rotatable bonds is 9. The molecule has 1 saturated carbocycles. The number of carboxylic acid groups (broad SMARTS) is 1. The lowest BCUT2D eigenvalue weighted by Gasteiger charge is -2.32. The van der Waals surface area contributed by atoms with Crippen LogP contribution in [0.1, 0.15) is 68.6 Å². The maximum absolute atomic E-state index is 13.3. The van der Waals surface area contributed by atoms with Crippen molar-refractivity contribution in [2.75, 3.05) is 31.6 Å². The van der Waals surface area contributed by atoms with Gasteiger partial charge in [-0.25, -0.2) is 0 Å². The minimum absolute atomic E-state index is 0.00927. The second kappa shape index (κ2) is 12.8. The van der Waals surface area contributed by atoms with Gasteiger partial charge in [0.05, 0.1) is 12.0 Å². The molecule has 38 heavy (non-hydrogen) atoms. The van der Waals surface area contributed by atoms with E-state index in [9.17, 15) is 14.7 Å². The number of aliphatic carboxylic acids is 1. The van der Waals surface area contributed by atoms with Crippen LogP contribution in [0, 0.1) is 12.8 Å². The SMILES string of the molecule is CCC(C(=O)O)c1cccc(OC2CCC(C(=O)N(C)c3ccc(CN4CCN[C@@H](C)C4)c(C)c3)CC2)c1. The van der Waals surface area contributed by atoms with Crippen LogP contribution < -0.4 is 15.0 Å². The number of benzene rings is 2. The summed E-state index contributed by atoms with van der Waals surface area (Å²) < 4.78 is 6.22. The summed E-state index contributed by atoms with van der Waals surface area (Å²) in [4.78, 5) is 29.2. The largest absolute Gasteiger partial charge is 0.490 e. The van der Waals surface area contributed by atoms with Crippen molar-refractivity contribution in [1.29, 1.82) is 0 Å². The smallest absolute Gasteiger partial charge is 0.310 e. The highest BCUT2D eigenvalue weighted by Crippen LogP contribution is 2.32. The van der Waals surface area contributed by atoms with Gasteiger partial charge < -0.3 is 20.1 Å². The van der Waals surface area contributed by atoms with E-state index < -0.39 is 11.9 Å². The molecule has 0 spiro atoms. The summed E-state index contributed by atoms with van der Waals surface area (Å²) in [6.45, 7) is 10.3. The first-order valence-electron chi connectivity index (χ1n) is 14.1. The van der Waals surface area contributed by atoms with Crippen molar-refractivity contribution < 1.29 is 19.4 Å². The number of ether oxygens (including phenoxy) is 1. The maximum atomic E-state index is 13.3. The molecule has 1 heterocycles. The Balaban J connectivity index is 1.30. The van der Waals surface area contributed by atoms with Gasteiger partial charge in [0.15, 0.2) is 0 Å². The molecule has 0 radical (unpaired) electrons. The van der Waals surface area contributed by atoms with Gasteiger partial charge in [-0.15, -0.1) is 0 Å². The fourth-order valence-electron chi connectivity index (χ4n) is 5.84. The second-order valence-electron chi connectivity index (χ2n) is 11.1. The van der Waals surface area contributed by atoms with Crippen LogP contribution in [-0.2, 0) is 16.1 Å². The number of carboxylic acids is 1. The molecule has 2 N–H and O–H groups in total. The van der Waals surface area contributed by atoms with Crippen LogP contribution in [0.25, 0.3) is 0 Å². The van der Waals surface area contributed by atoms with Crippen molar-refractivity contribution in [2.45, 2.75) is 77.5 Å². The van der Waals surface area contributed by atoms with Crippen LogP contribution in [0.4, 0.5) is 5.69 Å². The van der Waals surface area contributed by atoms with Crippen LogP contribution in [0.3, 0.4) is 0 Å². The van der Waals surface area contributed by atoms with Gasteiger partial charge in [-0.3, -0.25) is 14.5 Å². The Morgan fingerprint density at radius 2 is 1.92 bits per heavy atom. The molecule has 2 aromatic rings. The molecule has 2 fully saturated rings. The first-order chi connectivity index (χ1) is 18.2. The molecule has 1 amide bonds. The van der Waals surface area contributed by atoms with E-state index in [1.54, 1.807) is 0 Å². The molecule has 0 bridgehead atoms. The monoisotopic (exact) mass is 521 g/mol. The zero-order chi connectivity index (χ0) is 27.2. The highest BCUT2D eigenvalue weighted by atomic mass is 16.5. The number of aryl methyl sites for hydroxylation is 1. The zero-order valence-electron chi connectivity index (χ0n) is 23.3. The highest BCUT2D eigenvalue weighted by molar-refractivity contribution is 5.94. The van der Waals surface area contributed by atoms with Gasteiger partial charge >= 0.3 is 5.97 Å². The number of nitrogens with one attached hydrogen (secondary N) is 1. The maximum Gasteiger partial charge on any atom is 0.310 e. The number of anilines is 1. The summed E-state index contributed by atoms with van der Waals surface area (Å²) in [7, 11) is 1.88. The van der Waals surface area contributed by atoms with Crippen molar-refractivity contribution >= 4 is 17.6 Å². The lowest BCUT2D eigenvalue weighted by molar-refractivity contribution is -0.138. The van der Waals surface area contributed by atoms with Crippen LogP contribution in [-0.4, -0.2) is 60.7 Å². The first kappa shape index (κ1) is 28.1. The third-order valence-corrected chi connectivity index (χ3v) is 8.18. The molecule has 206 valence electrons. The molecule has 7 heteroatoms. The number of nitrogens with zero attached hydrogens (tertiary/aromatic N) is 2. The van der Waals surface area contributed by atoms with Crippen molar-refractivity contribution in [2.24, 2.45) is 5.92 Å². The van der Waals surface area contributed by atoms with Crippen molar-refractivity contribution in [3.63, 3.8) is 0 Å². The fraction of sp³-hybridized carbons (Fsp3) is 0.548. The molecule has 1 aliphatic carbocycles. The predicted octanol–water partition coefficient (Wildman–Crippen LogP) is 4.97. The molecule has 1 unspecified atom stereocenters. The number of hydrogen-bond donors (Lipinski definition) is 2. The molecule has 2 aliphatic rings. The van der Waals surface area contributed by atoms with Crippen LogP contribution in [0.5, 0.6) is 5.75 Å². The Bertz CT molecular complexity index is 1110. The Morgan fingerprint density at radius 1 is 1.16 bits per heavy atom. The highest BCUT2D eigenvalue weighted by Gasteiger charge is 2.30. The number of carbonyl (C=O) groups excluding carboxylic acids is 1. The molecule has 2 aromatic carbocycles. The number of piperazine rings is 1. The van der Waals surface area contributed by atoms with E-state index >= 15 is 0 Å². The lowest BCUT2D eigenvalue weighted by Crippen LogP contribution is -2.48. The standard InChI is InChI=1S/C31H43N3O4/c1-5-29(31(36)37)24-7-6-8-28(18-24)38-27-13-10-23(11-14-27)30(35)33(4)26-12-9-25(21(2)17-26)20-34-16-15-32-22(3)19-34/h6-9,12,17-18,22-23,27,29,32H,5,10-11,13-16,19-20H2,1-4H3,(H,36,37)/t22-,23?,27?,29?/m0/s1. The molecule has 0 aromatic heterocycles. The Labute approximate surface area is 227 Å². The van der Waals surface area contributed by atoms with Crippen molar-refractivity contribution in [3.8, 4) is 5.75 Å². The van der Waals surface area contributed by atoms with E-state index in [0.29, 0.717) is 18.2 Å². The minimum Gasteiger partial charge on any atom is -0.490 e. The van der Waals surface area contributed by atoms with Crippen molar-refractivity contribution in [3.05, 3.63) is 59.2 Å². The summed E-state index contributed by atoms with van der Waals surface area (Å²) in [5.74, 6) is -0.469. The first-order valence-corrected chi connectivity index (χ1v) is 14.1. The Morgan fingerprint density at radius 3 is 2.58 bits per heavy atom. The molecule has 4 rings (SSSR count). The van der Waals surface area contributed by atoms with E-state index in [4.69, 9.17) is 4.74 Å². The third kappa shape index (κ3) is 6.94. The average molecular weight is 522 g/mol. The molecule has 1 saturated heterocycles. The van der Waals surface area contributed by atoms with Gasteiger partial charge in [0.1, 0.15) is 5.75 Å². The molecular weight excluding hydrogens is 478 g/mol. The minimum atomic E-state index is -0.813. The van der Waals surface area contributed by atoms with E-state index in [1.807, 2.05) is 43.1 Å². The van der Waals surface area contributed by atoms with Crippen molar-refractivity contribution in [1.82, 2.24) is 10.2 Å². The van der Waals surface area contributed by atoms with E-state index in [0.717, 1.165) is 63.1 Å². The summed E-state index contributed by atoms with van der Waals surface area (Å²) in [6.07, 6.45) is 3.78. The third-order valence-electron chi connectivity index (χ3n) is 8.18. The predicted molar refractivity (Wildman–Crippen MR) is 151 cm³/mol. The van der Waals surface area contributed by atoms with Gasteiger partial charge in [0.25, 0.3) is 0 Å². The lowest BCUT2D eigenvalue weighted by atomic mass is 9.86. The van der Waals surface area contributed by atoms with Gasteiger partial charge in [-0.2, -0.15) is 0 Å². The van der Waals surface area contributed by atoms with E-state index in [1.165, 1.54) is 11.1 Å². The Hall–Kier alpha value is -2.90. The Kier molecular flexibility index (Phi) is 9.44. The fourth-order valence-corrected chi connectivity index (χ4v) is 5.84. The van der Waals surface area contributed by atoms with Gasteiger partial charge in [-0.05, 0) is 86.9 Å². The van der Waals surface area contributed by atoms with Gasteiger partial charge in [0, 0.05) is 50.9 Å². The van der Waals surface area contributed by atoms with E-state index in [-0.39, 0.29) is 17.9 Å².